The van der Waals surface area contributed by atoms with Gasteiger partial charge in [-0.3, -0.25) is 14.3 Å². The third-order valence-corrected chi connectivity index (χ3v) is 4.76. The summed E-state index contributed by atoms with van der Waals surface area (Å²) in [6, 6.07) is 14.3. The lowest BCUT2D eigenvalue weighted by Gasteiger charge is -2.26. The zero-order chi connectivity index (χ0) is 17.2. The first-order chi connectivity index (χ1) is 12.2. The Morgan fingerprint density at radius 1 is 0.960 bits per heavy atom. The minimum Gasteiger partial charge on any atom is -0.408 e. The zero-order valence-corrected chi connectivity index (χ0v) is 14.0. The molecule has 1 aliphatic heterocycles. The Kier molecular flexibility index (Phi) is 4.24. The van der Waals surface area contributed by atoms with Crippen LogP contribution in [0, 0.1) is 0 Å². The number of ketones is 1. The third-order valence-electron chi connectivity index (χ3n) is 4.76. The summed E-state index contributed by atoms with van der Waals surface area (Å²) in [5.41, 5.74) is 2.35. The minimum absolute atomic E-state index is 0.0751. The number of carbonyl (C=O) groups excluding carboxylic acids is 1. The fourth-order valence-electron chi connectivity index (χ4n) is 3.40. The topological polar surface area (TPSA) is 55.5 Å². The van der Waals surface area contributed by atoms with Crippen LogP contribution in [0.3, 0.4) is 0 Å². The zero-order valence-electron chi connectivity index (χ0n) is 14.0. The van der Waals surface area contributed by atoms with Crippen LogP contribution >= 0.6 is 0 Å². The molecule has 1 aliphatic rings. The number of hydrogen-bond donors (Lipinski definition) is 0. The first kappa shape index (κ1) is 15.8. The van der Waals surface area contributed by atoms with Crippen molar-refractivity contribution >= 4 is 16.9 Å². The molecule has 0 atom stereocenters. The second kappa shape index (κ2) is 6.69. The summed E-state index contributed by atoms with van der Waals surface area (Å²) in [4.78, 5) is 27.1. The van der Waals surface area contributed by atoms with Gasteiger partial charge in [0.25, 0.3) is 0 Å². The van der Waals surface area contributed by atoms with Gasteiger partial charge in [-0.05, 0) is 44.1 Å². The summed E-state index contributed by atoms with van der Waals surface area (Å²) < 4.78 is 7.05. The lowest BCUT2D eigenvalue weighted by molar-refractivity contribution is 0.103. The van der Waals surface area contributed by atoms with Gasteiger partial charge in [0, 0.05) is 11.1 Å². The van der Waals surface area contributed by atoms with Gasteiger partial charge in [-0.1, -0.05) is 36.8 Å². The highest BCUT2D eigenvalue weighted by Gasteiger charge is 2.17. The molecule has 5 nitrogen and oxygen atoms in total. The fourth-order valence-corrected chi connectivity index (χ4v) is 3.40. The van der Waals surface area contributed by atoms with E-state index in [0.29, 0.717) is 23.4 Å². The van der Waals surface area contributed by atoms with Crippen LogP contribution in [0.4, 0.5) is 0 Å². The van der Waals surface area contributed by atoms with Crippen LogP contribution in [0.15, 0.2) is 57.7 Å². The maximum Gasteiger partial charge on any atom is 0.421 e. The molecule has 1 aromatic heterocycles. The third kappa shape index (κ3) is 3.15. The van der Waals surface area contributed by atoms with Gasteiger partial charge < -0.3 is 4.42 Å². The first-order valence-electron chi connectivity index (χ1n) is 8.68. The number of aromatic nitrogens is 1. The van der Waals surface area contributed by atoms with Crippen molar-refractivity contribution in [1.29, 1.82) is 0 Å². The normalized spacial score (nSPS) is 15.5. The molecule has 25 heavy (non-hydrogen) atoms. The molecule has 1 fully saturated rings. The molecule has 5 heteroatoms. The SMILES string of the molecule is O=C(c1ccccc1)c1ccc2c(c1)oc(=O)n2CN1CCCCC1. The molecule has 128 valence electrons. The van der Waals surface area contributed by atoms with E-state index in [0.717, 1.165) is 18.6 Å². The molecule has 0 radical (unpaired) electrons. The molecule has 0 aliphatic carbocycles. The van der Waals surface area contributed by atoms with Crippen LogP contribution in [-0.4, -0.2) is 28.3 Å². The van der Waals surface area contributed by atoms with Crippen LogP contribution < -0.4 is 5.76 Å². The predicted molar refractivity (Wildman–Crippen MR) is 95.8 cm³/mol. The average Bonchev–Trinajstić information content (AvgIpc) is 2.97. The van der Waals surface area contributed by atoms with Gasteiger partial charge in [-0.15, -0.1) is 0 Å². The molecule has 4 rings (SSSR count). The molecule has 3 aromatic rings. The monoisotopic (exact) mass is 336 g/mol. The number of oxazole rings is 1. The predicted octanol–water partition coefficient (Wildman–Crippen LogP) is 3.27. The van der Waals surface area contributed by atoms with Crippen LogP contribution in [-0.2, 0) is 6.67 Å². The number of fused-ring (bicyclic) bond motifs is 1. The van der Waals surface area contributed by atoms with Crippen molar-refractivity contribution < 1.29 is 9.21 Å². The number of carbonyl (C=O) groups is 1. The van der Waals surface area contributed by atoms with Gasteiger partial charge >= 0.3 is 5.76 Å². The second-order valence-electron chi connectivity index (χ2n) is 6.49. The smallest absolute Gasteiger partial charge is 0.408 e. The lowest BCUT2D eigenvalue weighted by Crippen LogP contribution is -2.34. The molecule has 0 spiro atoms. The van der Waals surface area contributed by atoms with Gasteiger partial charge in [-0.2, -0.15) is 0 Å². The summed E-state index contributed by atoms with van der Waals surface area (Å²) in [6.45, 7) is 2.55. The lowest BCUT2D eigenvalue weighted by atomic mass is 10.0. The highest BCUT2D eigenvalue weighted by molar-refractivity contribution is 6.10. The van der Waals surface area contributed by atoms with Crippen molar-refractivity contribution in [3.63, 3.8) is 0 Å². The van der Waals surface area contributed by atoms with Crippen LogP contribution in [0.25, 0.3) is 11.1 Å². The summed E-state index contributed by atoms with van der Waals surface area (Å²) in [5.74, 6) is -0.446. The summed E-state index contributed by atoms with van der Waals surface area (Å²) in [6.07, 6.45) is 3.59. The van der Waals surface area contributed by atoms with E-state index in [9.17, 15) is 9.59 Å². The van der Waals surface area contributed by atoms with E-state index < -0.39 is 0 Å². The van der Waals surface area contributed by atoms with E-state index >= 15 is 0 Å². The van der Waals surface area contributed by atoms with Crippen molar-refractivity contribution in [3.8, 4) is 0 Å². The van der Waals surface area contributed by atoms with Gasteiger partial charge in [0.2, 0.25) is 0 Å². The largest absolute Gasteiger partial charge is 0.421 e. The van der Waals surface area contributed by atoms with Crippen LogP contribution in [0.2, 0.25) is 0 Å². The summed E-state index contributed by atoms with van der Waals surface area (Å²) in [5, 5.41) is 0. The molecule has 2 heterocycles. The molecule has 0 unspecified atom stereocenters. The van der Waals surface area contributed by atoms with E-state index in [1.807, 2.05) is 18.2 Å². The molecule has 1 saturated heterocycles. The molecular weight excluding hydrogens is 316 g/mol. The Labute approximate surface area is 145 Å². The molecule has 2 aromatic carbocycles. The van der Waals surface area contributed by atoms with Crippen molar-refractivity contribution in [1.82, 2.24) is 9.47 Å². The first-order valence-corrected chi connectivity index (χ1v) is 8.68. The minimum atomic E-state index is -0.370. The highest BCUT2D eigenvalue weighted by Crippen LogP contribution is 2.19. The highest BCUT2D eigenvalue weighted by atomic mass is 16.4. The van der Waals surface area contributed by atoms with Crippen LogP contribution in [0.1, 0.15) is 35.2 Å². The van der Waals surface area contributed by atoms with Gasteiger partial charge in [0.05, 0.1) is 12.2 Å². The summed E-state index contributed by atoms with van der Waals surface area (Å²) in [7, 11) is 0. The fraction of sp³-hybridized carbons (Fsp3) is 0.300. The Morgan fingerprint density at radius 3 is 2.48 bits per heavy atom. The number of piperidine rings is 1. The molecule has 0 N–H and O–H groups in total. The Bertz CT molecular complexity index is 950. The van der Waals surface area contributed by atoms with Crippen LogP contribution in [0.5, 0.6) is 0 Å². The molecular formula is C20H20N2O3. The number of rotatable bonds is 4. The van der Waals surface area contributed by atoms with E-state index in [2.05, 4.69) is 4.90 Å². The summed E-state index contributed by atoms with van der Waals surface area (Å²) >= 11 is 0. The second-order valence-corrected chi connectivity index (χ2v) is 6.49. The van der Waals surface area contributed by atoms with Crippen molar-refractivity contribution in [2.75, 3.05) is 13.1 Å². The van der Waals surface area contributed by atoms with Gasteiger partial charge in [-0.25, -0.2) is 4.79 Å². The van der Waals surface area contributed by atoms with E-state index in [1.165, 1.54) is 19.3 Å². The number of nitrogens with zero attached hydrogens (tertiary/aromatic N) is 2. The van der Waals surface area contributed by atoms with Crippen molar-refractivity contribution in [2.24, 2.45) is 0 Å². The van der Waals surface area contributed by atoms with E-state index in [1.54, 1.807) is 34.9 Å². The van der Waals surface area contributed by atoms with E-state index in [4.69, 9.17) is 4.42 Å². The molecule has 0 amide bonds. The van der Waals surface area contributed by atoms with Gasteiger partial charge in [0.1, 0.15) is 0 Å². The average molecular weight is 336 g/mol. The molecule has 0 saturated carbocycles. The standard InChI is InChI=1S/C20H20N2O3/c23-19(15-7-3-1-4-8-15)16-9-10-17-18(13-16)25-20(24)22(17)14-21-11-5-2-6-12-21/h1,3-4,7-10,13H,2,5-6,11-12,14H2. The maximum absolute atomic E-state index is 12.6. The Hall–Kier alpha value is -2.66. The Morgan fingerprint density at radius 2 is 1.72 bits per heavy atom. The quantitative estimate of drug-likeness (QED) is 0.686. The number of hydrogen-bond acceptors (Lipinski definition) is 4. The number of likely N-dealkylation sites (tertiary alicyclic amines) is 1. The van der Waals surface area contributed by atoms with Crippen molar-refractivity contribution in [3.05, 3.63) is 70.2 Å². The van der Waals surface area contributed by atoms with E-state index in [-0.39, 0.29) is 11.5 Å². The van der Waals surface area contributed by atoms with Crippen molar-refractivity contribution in [2.45, 2.75) is 25.9 Å². The molecule has 0 bridgehead atoms. The van der Waals surface area contributed by atoms with Gasteiger partial charge in [0.15, 0.2) is 11.4 Å². The number of benzene rings is 2. The maximum atomic E-state index is 12.6. The Balaban J connectivity index is 1.66.